The van der Waals surface area contributed by atoms with E-state index in [0.717, 1.165) is 44.6 Å². The highest BCUT2D eigenvalue weighted by atomic mass is 35.5. The number of hydrogen-bond donors (Lipinski definition) is 2. The third kappa shape index (κ3) is 7.31. The first-order valence-electron chi connectivity index (χ1n) is 9.11. The van der Waals surface area contributed by atoms with E-state index < -0.39 is 5.54 Å². The maximum Gasteiger partial charge on any atom is 0.240 e. The highest BCUT2D eigenvalue weighted by Gasteiger charge is 2.30. The molecule has 3 N–H and O–H groups in total. The van der Waals surface area contributed by atoms with Crippen LogP contribution < -0.4 is 15.8 Å². The van der Waals surface area contributed by atoms with Crippen LogP contribution >= 0.6 is 24.0 Å². The van der Waals surface area contributed by atoms with Gasteiger partial charge in [0.05, 0.1) is 5.54 Å². The monoisotopic (exact) mass is 403 g/mol. The summed E-state index contributed by atoms with van der Waals surface area (Å²) in [5, 5.41) is 3.83. The molecular weight excluding hydrogens is 373 g/mol. The van der Waals surface area contributed by atoms with E-state index in [1.54, 1.807) is 0 Å². The van der Waals surface area contributed by atoms with Crippen molar-refractivity contribution in [2.75, 3.05) is 26.2 Å². The molecule has 0 saturated carbocycles. The van der Waals surface area contributed by atoms with E-state index in [2.05, 4.69) is 10.2 Å². The zero-order chi connectivity index (χ0) is 18.3. The molecule has 2 rings (SSSR count). The Morgan fingerprint density at radius 3 is 2.54 bits per heavy atom. The quantitative estimate of drug-likeness (QED) is 0.698. The summed E-state index contributed by atoms with van der Waals surface area (Å²) < 4.78 is 5.74. The summed E-state index contributed by atoms with van der Waals surface area (Å²) in [7, 11) is 0. The van der Waals surface area contributed by atoms with Gasteiger partial charge in [-0.05, 0) is 50.5 Å². The smallest absolute Gasteiger partial charge is 0.240 e. The largest absolute Gasteiger partial charge is 0.492 e. The number of nitrogens with one attached hydrogen (secondary N) is 1. The summed E-state index contributed by atoms with van der Waals surface area (Å²) in [5.41, 5.74) is 5.33. The third-order valence-electron chi connectivity index (χ3n) is 4.70. The molecule has 0 aliphatic carbocycles. The molecule has 148 valence electrons. The molecule has 1 aromatic rings. The zero-order valence-electron chi connectivity index (χ0n) is 15.7. The van der Waals surface area contributed by atoms with Crippen LogP contribution in [0.3, 0.4) is 0 Å². The number of benzene rings is 1. The first-order valence-corrected chi connectivity index (χ1v) is 9.49. The fraction of sp³-hybridized carbons (Fsp3) is 0.632. The Morgan fingerprint density at radius 2 is 1.96 bits per heavy atom. The summed E-state index contributed by atoms with van der Waals surface area (Å²) in [4.78, 5) is 14.6. The van der Waals surface area contributed by atoms with E-state index in [9.17, 15) is 4.79 Å². The average Bonchev–Trinajstić information content (AvgIpc) is 2.58. The minimum Gasteiger partial charge on any atom is -0.492 e. The molecule has 0 spiro atoms. The molecule has 0 bridgehead atoms. The Kier molecular flexibility index (Phi) is 9.72. The molecule has 0 radical (unpaired) electrons. The van der Waals surface area contributed by atoms with Crippen LogP contribution in [0.25, 0.3) is 0 Å². The molecule has 0 aromatic heterocycles. The van der Waals surface area contributed by atoms with Crippen molar-refractivity contribution in [1.82, 2.24) is 10.2 Å². The van der Waals surface area contributed by atoms with Crippen LogP contribution in [0.2, 0.25) is 5.02 Å². The van der Waals surface area contributed by atoms with E-state index in [1.165, 1.54) is 0 Å². The van der Waals surface area contributed by atoms with Crippen molar-refractivity contribution in [3.8, 4) is 5.75 Å². The number of amides is 1. The van der Waals surface area contributed by atoms with Gasteiger partial charge in [-0.2, -0.15) is 0 Å². The van der Waals surface area contributed by atoms with Gasteiger partial charge in [0.1, 0.15) is 12.4 Å². The van der Waals surface area contributed by atoms with Gasteiger partial charge < -0.3 is 15.8 Å². The predicted octanol–water partition coefficient (Wildman–Crippen LogP) is 3.24. The van der Waals surface area contributed by atoms with E-state index in [-0.39, 0.29) is 24.4 Å². The molecule has 26 heavy (non-hydrogen) atoms. The minimum absolute atomic E-state index is 0. The molecule has 5 nitrogen and oxygen atoms in total. The number of ether oxygens (including phenoxy) is 1. The highest BCUT2D eigenvalue weighted by molar-refractivity contribution is 6.30. The molecular formula is C19H31Cl2N3O2. The van der Waals surface area contributed by atoms with E-state index in [0.29, 0.717) is 18.1 Å². The minimum atomic E-state index is -0.766. The van der Waals surface area contributed by atoms with Crippen LogP contribution in [0.4, 0.5) is 0 Å². The normalized spacial score (nSPS) is 17.8. The molecule has 1 heterocycles. The number of carbonyl (C=O) groups is 1. The molecule has 1 saturated heterocycles. The van der Waals surface area contributed by atoms with Crippen molar-refractivity contribution < 1.29 is 9.53 Å². The lowest BCUT2D eigenvalue weighted by Gasteiger charge is -2.34. The molecule has 1 aliphatic rings. The Morgan fingerprint density at radius 1 is 1.35 bits per heavy atom. The van der Waals surface area contributed by atoms with Crippen LogP contribution in [0.1, 0.15) is 39.5 Å². The lowest BCUT2D eigenvalue weighted by molar-refractivity contribution is -0.127. The van der Waals surface area contributed by atoms with Crippen molar-refractivity contribution in [3.05, 3.63) is 29.3 Å². The van der Waals surface area contributed by atoms with Crippen LogP contribution in [-0.2, 0) is 4.79 Å². The summed E-state index contributed by atoms with van der Waals surface area (Å²) >= 11 is 5.86. The number of carbonyl (C=O) groups excluding carboxylic acids is 1. The number of likely N-dealkylation sites (tertiary alicyclic amines) is 1. The molecule has 1 atom stereocenters. The van der Waals surface area contributed by atoms with Crippen molar-refractivity contribution in [2.45, 2.75) is 51.1 Å². The van der Waals surface area contributed by atoms with Crippen molar-refractivity contribution in [2.24, 2.45) is 5.73 Å². The summed E-state index contributed by atoms with van der Waals surface area (Å²) in [6.07, 6.45) is 3.52. The Balaban J connectivity index is 0.00000338. The van der Waals surface area contributed by atoms with Gasteiger partial charge >= 0.3 is 0 Å². The molecule has 1 aliphatic heterocycles. The van der Waals surface area contributed by atoms with Crippen LogP contribution in [0.5, 0.6) is 5.75 Å². The highest BCUT2D eigenvalue weighted by Crippen LogP contribution is 2.16. The van der Waals surface area contributed by atoms with Gasteiger partial charge in [0.25, 0.3) is 0 Å². The second-order valence-corrected chi connectivity index (χ2v) is 7.50. The van der Waals surface area contributed by atoms with E-state index in [4.69, 9.17) is 22.1 Å². The number of rotatable bonds is 8. The number of nitrogens with zero attached hydrogens (tertiary/aromatic N) is 1. The second kappa shape index (κ2) is 11.0. The topological polar surface area (TPSA) is 67.6 Å². The lowest BCUT2D eigenvalue weighted by Crippen LogP contribution is -2.56. The van der Waals surface area contributed by atoms with Crippen molar-refractivity contribution >= 4 is 29.9 Å². The fourth-order valence-corrected chi connectivity index (χ4v) is 3.23. The molecule has 1 amide bonds. The SMILES string of the molecule is CCCC(C)(N)C(=O)NC1CCN(CCOc2ccc(Cl)cc2)CC1.Cl. The molecule has 1 unspecified atom stereocenters. The Bertz CT molecular complexity index is 544. The lowest BCUT2D eigenvalue weighted by atomic mass is 9.95. The number of piperidine rings is 1. The van der Waals surface area contributed by atoms with Gasteiger partial charge in [-0.25, -0.2) is 0 Å². The summed E-state index contributed by atoms with van der Waals surface area (Å²) in [6.45, 7) is 7.32. The fourth-order valence-electron chi connectivity index (χ4n) is 3.11. The second-order valence-electron chi connectivity index (χ2n) is 7.06. The zero-order valence-corrected chi connectivity index (χ0v) is 17.2. The maximum atomic E-state index is 12.3. The third-order valence-corrected chi connectivity index (χ3v) is 4.95. The van der Waals surface area contributed by atoms with Gasteiger partial charge in [0.15, 0.2) is 0 Å². The van der Waals surface area contributed by atoms with Gasteiger partial charge in [-0.15, -0.1) is 12.4 Å². The van der Waals surface area contributed by atoms with E-state index >= 15 is 0 Å². The van der Waals surface area contributed by atoms with Gasteiger partial charge in [0, 0.05) is 30.7 Å². The van der Waals surface area contributed by atoms with Crippen LogP contribution in [-0.4, -0.2) is 48.6 Å². The van der Waals surface area contributed by atoms with Crippen molar-refractivity contribution in [3.63, 3.8) is 0 Å². The van der Waals surface area contributed by atoms with Crippen LogP contribution in [0.15, 0.2) is 24.3 Å². The van der Waals surface area contributed by atoms with Gasteiger partial charge in [0.2, 0.25) is 5.91 Å². The van der Waals surface area contributed by atoms with Crippen molar-refractivity contribution in [1.29, 1.82) is 0 Å². The van der Waals surface area contributed by atoms with Gasteiger partial charge in [-0.1, -0.05) is 24.9 Å². The molecule has 1 aromatic carbocycles. The first kappa shape index (κ1) is 23.0. The molecule has 1 fully saturated rings. The standard InChI is InChI=1S/C19H30ClN3O2.ClH/c1-3-10-19(2,21)18(24)22-16-8-11-23(12-9-16)13-14-25-17-6-4-15(20)5-7-17;/h4-7,16H,3,8-14,21H2,1-2H3,(H,22,24);1H. The Hall–Kier alpha value is -1.01. The van der Waals surface area contributed by atoms with Crippen LogP contribution in [0, 0.1) is 0 Å². The average molecular weight is 404 g/mol. The Labute approximate surface area is 168 Å². The van der Waals surface area contributed by atoms with E-state index in [1.807, 2.05) is 38.1 Å². The number of halogens is 2. The first-order chi connectivity index (χ1) is 11.9. The summed E-state index contributed by atoms with van der Waals surface area (Å²) in [6, 6.07) is 7.64. The predicted molar refractivity (Wildman–Crippen MR) is 109 cm³/mol. The maximum absolute atomic E-state index is 12.3. The number of hydrogen-bond acceptors (Lipinski definition) is 4. The molecule has 7 heteroatoms. The van der Waals surface area contributed by atoms with Gasteiger partial charge in [-0.3, -0.25) is 9.69 Å². The summed E-state index contributed by atoms with van der Waals surface area (Å²) in [5.74, 6) is 0.809. The number of nitrogens with two attached hydrogens (primary N) is 1.